The average molecular weight is 333 g/mol. The summed E-state index contributed by atoms with van der Waals surface area (Å²) in [6, 6.07) is 4.18. The molecule has 6 nitrogen and oxygen atoms in total. The summed E-state index contributed by atoms with van der Waals surface area (Å²) < 4.78 is 11.2. The van der Waals surface area contributed by atoms with E-state index in [-0.39, 0.29) is 24.2 Å². The van der Waals surface area contributed by atoms with Gasteiger partial charge in [0.05, 0.1) is 12.6 Å². The minimum absolute atomic E-state index is 0.0568. The van der Waals surface area contributed by atoms with Gasteiger partial charge in [0.25, 0.3) is 0 Å². The Bertz CT molecular complexity index is 536. The SMILES string of the molecule is COCC(=O)NC1CCCCC12CN(Cc1ccncc1)CCO2. The number of nitrogens with one attached hydrogen (secondary N) is 1. The first-order chi connectivity index (χ1) is 11.7. The van der Waals surface area contributed by atoms with Gasteiger partial charge in [-0.05, 0) is 30.5 Å². The van der Waals surface area contributed by atoms with Crippen molar-refractivity contribution in [1.29, 1.82) is 0 Å². The Hall–Kier alpha value is -1.50. The second-order valence-corrected chi connectivity index (χ2v) is 6.78. The lowest BCUT2D eigenvalue weighted by atomic mass is 9.78. The minimum atomic E-state index is -0.271. The molecule has 1 spiro atoms. The van der Waals surface area contributed by atoms with Crippen LogP contribution in [0.25, 0.3) is 0 Å². The van der Waals surface area contributed by atoms with E-state index in [0.29, 0.717) is 6.61 Å². The second kappa shape index (κ2) is 8.05. The molecule has 24 heavy (non-hydrogen) atoms. The largest absolute Gasteiger partial charge is 0.375 e. The Labute approximate surface area is 143 Å². The van der Waals surface area contributed by atoms with Crippen molar-refractivity contribution >= 4 is 5.91 Å². The third-order valence-corrected chi connectivity index (χ3v) is 5.03. The van der Waals surface area contributed by atoms with Crippen LogP contribution in [0.1, 0.15) is 31.2 Å². The van der Waals surface area contributed by atoms with Gasteiger partial charge in [-0.25, -0.2) is 0 Å². The van der Waals surface area contributed by atoms with Crippen molar-refractivity contribution < 1.29 is 14.3 Å². The van der Waals surface area contributed by atoms with Crippen LogP contribution in [0.5, 0.6) is 0 Å². The number of ether oxygens (including phenoxy) is 2. The molecule has 1 aromatic heterocycles. The first-order valence-corrected chi connectivity index (χ1v) is 8.75. The van der Waals surface area contributed by atoms with Gasteiger partial charge in [0.1, 0.15) is 12.2 Å². The number of nitrogens with zero attached hydrogens (tertiary/aromatic N) is 2. The molecule has 1 saturated heterocycles. The number of hydrogen-bond donors (Lipinski definition) is 1. The Morgan fingerprint density at radius 2 is 2.29 bits per heavy atom. The summed E-state index contributed by atoms with van der Waals surface area (Å²) in [5.74, 6) is -0.0568. The fraction of sp³-hybridized carbons (Fsp3) is 0.667. The molecule has 132 valence electrons. The Kier molecular flexibility index (Phi) is 5.81. The van der Waals surface area contributed by atoms with Gasteiger partial charge in [-0.2, -0.15) is 0 Å². The molecule has 6 heteroatoms. The van der Waals surface area contributed by atoms with Crippen molar-refractivity contribution in [3.05, 3.63) is 30.1 Å². The van der Waals surface area contributed by atoms with Gasteiger partial charge >= 0.3 is 0 Å². The van der Waals surface area contributed by atoms with Gasteiger partial charge in [-0.15, -0.1) is 0 Å². The van der Waals surface area contributed by atoms with Crippen LogP contribution >= 0.6 is 0 Å². The number of aromatic nitrogens is 1. The lowest BCUT2D eigenvalue weighted by Gasteiger charge is -2.49. The third kappa shape index (κ3) is 4.12. The van der Waals surface area contributed by atoms with E-state index in [9.17, 15) is 4.79 Å². The van der Waals surface area contributed by atoms with E-state index in [2.05, 4.69) is 27.3 Å². The van der Waals surface area contributed by atoms with Gasteiger partial charge < -0.3 is 14.8 Å². The molecule has 1 N–H and O–H groups in total. The first-order valence-electron chi connectivity index (χ1n) is 8.75. The molecule has 2 unspecified atom stereocenters. The van der Waals surface area contributed by atoms with Crippen LogP contribution in [0.2, 0.25) is 0 Å². The van der Waals surface area contributed by atoms with Crippen molar-refractivity contribution in [3.8, 4) is 0 Å². The van der Waals surface area contributed by atoms with Crippen LogP contribution in [0.4, 0.5) is 0 Å². The Balaban J connectivity index is 1.67. The molecule has 0 radical (unpaired) electrons. The molecule has 3 rings (SSSR count). The van der Waals surface area contributed by atoms with Gasteiger partial charge in [-0.1, -0.05) is 12.8 Å². The zero-order valence-corrected chi connectivity index (χ0v) is 14.4. The number of pyridine rings is 1. The number of carbonyl (C=O) groups excluding carboxylic acids is 1. The van der Waals surface area contributed by atoms with E-state index >= 15 is 0 Å². The second-order valence-electron chi connectivity index (χ2n) is 6.78. The first kappa shape index (κ1) is 17.3. The average Bonchev–Trinajstić information content (AvgIpc) is 2.59. The summed E-state index contributed by atoms with van der Waals surface area (Å²) in [7, 11) is 1.55. The van der Waals surface area contributed by atoms with E-state index in [0.717, 1.165) is 45.3 Å². The molecule has 1 aromatic rings. The molecule has 1 aliphatic carbocycles. The minimum Gasteiger partial charge on any atom is -0.375 e. The van der Waals surface area contributed by atoms with Gasteiger partial charge in [0, 0.05) is 39.1 Å². The van der Waals surface area contributed by atoms with Crippen LogP contribution in [0.15, 0.2) is 24.5 Å². The highest BCUT2D eigenvalue weighted by atomic mass is 16.5. The Morgan fingerprint density at radius 1 is 1.46 bits per heavy atom. The van der Waals surface area contributed by atoms with E-state index in [1.54, 1.807) is 7.11 Å². The van der Waals surface area contributed by atoms with Gasteiger partial charge in [0.15, 0.2) is 0 Å². The molecular formula is C18H27N3O3. The normalized spacial score (nSPS) is 28.0. The lowest BCUT2D eigenvalue weighted by Crippen LogP contribution is -2.64. The van der Waals surface area contributed by atoms with Crippen molar-refractivity contribution in [1.82, 2.24) is 15.2 Å². The number of rotatable bonds is 5. The van der Waals surface area contributed by atoms with Gasteiger partial charge in [0.2, 0.25) is 5.91 Å². The monoisotopic (exact) mass is 333 g/mol. The van der Waals surface area contributed by atoms with Crippen LogP contribution in [0.3, 0.4) is 0 Å². The molecule has 2 aliphatic rings. The van der Waals surface area contributed by atoms with Crippen LogP contribution in [-0.2, 0) is 20.8 Å². The lowest BCUT2D eigenvalue weighted by molar-refractivity contribution is -0.152. The topological polar surface area (TPSA) is 63.7 Å². The third-order valence-electron chi connectivity index (χ3n) is 5.03. The Morgan fingerprint density at radius 3 is 3.08 bits per heavy atom. The van der Waals surface area contributed by atoms with E-state index in [1.807, 2.05) is 12.4 Å². The summed E-state index contributed by atoms with van der Waals surface area (Å²) in [5, 5.41) is 3.14. The van der Waals surface area contributed by atoms with Crippen molar-refractivity contribution in [2.75, 3.05) is 33.4 Å². The highest BCUT2D eigenvalue weighted by molar-refractivity contribution is 5.77. The molecule has 0 aromatic carbocycles. The molecular weight excluding hydrogens is 306 g/mol. The molecule has 2 fully saturated rings. The van der Waals surface area contributed by atoms with Gasteiger partial charge in [-0.3, -0.25) is 14.7 Å². The smallest absolute Gasteiger partial charge is 0.246 e. The molecule has 2 atom stereocenters. The number of hydrogen-bond acceptors (Lipinski definition) is 5. The van der Waals surface area contributed by atoms with Crippen molar-refractivity contribution in [3.63, 3.8) is 0 Å². The van der Waals surface area contributed by atoms with Crippen LogP contribution in [-0.4, -0.2) is 60.8 Å². The summed E-state index contributed by atoms with van der Waals surface area (Å²) in [6.07, 6.45) is 7.92. The summed E-state index contributed by atoms with van der Waals surface area (Å²) in [4.78, 5) is 18.5. The number of amides is 1. The molecule has 1 amide bonds. The molecule has 1 saturated carbocycles. The summed E-state index contributed by atoms with van der Waals surface area (Å²) in [6.45, 7) is 3.48. The standard InChI is InChI=1S/C18H27N3O3/c1-23-13-17(22)20-16-4-2-3-7-18(16)14-21(10-11-24-18)12-15-5-8-19-9-6-15/h5-6,8-9,16H,2-4,7,10-14H2,1H3,(H,20,22). The zero-order chi connectivity index (χ0) is 16.8. The van der Waals surface area contributed by atoms with Crippen molar-refractivity contribution in [2.24, 2.45) is 0 Å². The molecule has 1 aliphatic heterocycles. The zero-order valence-electron chi connectivity index (χ0n) is 14.4. The number of morpholine rings is 1. The van der Waals surface area contributed by atoms with E-state index in [1.165, 1.54) is 5.56 Å². The summed E-state index contributed by atoms with van der Waals surface area (Å²) in [5.41, 5.74) is 0.991. The maximum Gasteiger partial charge on any atom is 0.246 e. The van der Waals surface area contributed by atoms with Crippen LogP contribution in [0, 0.1) is 0 Å². The van der Waals surface area contributed by atoms with Crippen molar-refractivity contribution in [2.45, 2.75) is 43.9 Å². The molecule has 2 heterocycles. The number of carbonyl (C=O) groups is 1. The molecule has 0 bridgehead atoms. The van der Waals surface area contributed by atoms with E-state index < -0.39 is 0 Å². The van der Waals surface area contributed by atoms with E-state index in [4.69, 9.17) is 9.47 Å². The quantitative estimate of drug-likeness (QED) is 0.881. The summed E-state index contributed by atoms with van der Waals surface area (Å²) >= 11 is 0. The fourth-order valence-corrected chi connectivity index (χ4v) is 3.91. The van der Waals surface area contributed by atoms with Crippen LogP contribution < -0.4 is 5.32 Å². The predicted molar refractivity (Wildman–Crippen MR) is 90.5 cm³/mol. The highest BCUT2D eigenvalue weighted by Crippen LogP contribution is 2.35. The predicted octanol–water partition coefficient (Wildman–Crippen LogP) is 1.36. The maximum atomic E-state index is 12.0. The number of methoxy groups -OCH3 is 1. The maximum absolute atomic E-state index is 12.0. The highest BCUT2D eigenvalue weighted by Gasteiger charge is 2.45. The fourth-order valence-electron chi connectivity index (χ4n) is 3.91.